The predicted molar refractivity (Wildman–Crippen MR) is 91.2 cm³/mol. The average molecular weight is 417 g/mol. The number of methoxy groups -OCH3 is 2. The maximum absolute atomic E-state index is 12.6. The second kappa shape index (κ2) is 9.71. The lowest BCUT2D eigenvalue weighted by Gasteiger charge is -2.20. The summed E-state index contributed by atoms with van der Waals surface area (Å²) in [6.45, 7) is 0.616. The summed E-state index contributed by atoms with van der Waals surface area (Å²) in [5.74, 6) is -10.8. The highest BCUT2D eigenvalue weighted by Crippen LogP contribution is 2.28. The van der Waals surface area contributed by atoms with Crippen molar-refractivity contribution in [3.8, 4) is 5.75 Å². The SMILES string of the molecule is COC1=C(Cn2cccn2)C=CC(C=O)N1.COc1c(F)c(F)c(F)c(F)c1F. The molecule has 6 nitrogen and oxygen atoms in total. The van der Waals surface area contributed by atoms with Crippen molar-refractivity contribution in [1.82, 2.24) is 15.1 Å². The number of nitrogens with zero attached hydrogens (tertiary/aromatic N) is 2. The van der Waals surface area contributed by atoms with Crippen LogP contribution in [0.25, 0.3) is 0 Å². The first-order valence-corrected chi connectivity index (χ1v) is 8.04. The third kappa shape index (κ3) is 4.92. The van der Waals surface area contributed by atoms with Crippen molar-refractivity contribution in [1.29, 1.82) is 0 Å². The van der Waals surface area contributed by atoms with Crippen molar-refractivity contribution in [2.45, 2.75) is 12.6 Å². The number of aromatic nitrogens is 2. The van der Waals surface area contributed by atoms with E-state index in [1.165, 1.54) is 0 Å². The van der Waals surface area contributed by atoms with Crippen molar-refractivity contribution in [3.63, 3.8) is 0 Å². The quantitative estimate of drug-likeness (QED) is 0.351. The summed E-state index contributed by atoms with van der Waals surface area (Å²) >= 11 is 0. The summed E-state index contributed by atoms with van der Waals surface area (Å²) < 4.78 is 73.2. The number of benzene rings is 1. The zero-order valence-corrected chi connectivity index (χ0v) is 15.3. The molecule has 1 aromatic heterocycles. The van der Waals surface area contributed by atoms with Gasteiger partial charge in [0.05, 0.1) is 20.8 Å². The van der Waals surface area contributed by atoms with Gasteiger partial charge in [0.15, 0.2) is 11.6 Å². The van der Waals surface area contributed by atoms with Gasteiger partial charge in [-0.05, 0) is 6.07 Å². The fraction of sp³-hybridized carbons (Fsp3) is 0.222. The number of rotatable bonds is 5. The molecule has 2 aromatic rings. The van der Waals surface area contributed by atoms with E-state index in [2.05, 4.69) is 15.2 Å². The summed E-state index contributed by atoms with van der Waals surface area (Å²) in [5, 5.41) is 7.09. The van der Waals surface area contributed by atoms with Crippen molar-refractivity contribution in [2.24, 2.45) is 0 Å². The van der Waals surface area contributed by atoms with Gasteiger partial charge in [-0.3, -0.25) is 4.68 Å². The Morgan fingerprint density at radius 3 is 2.17 bits per heavy atom. The standard InChI is InChI=1S/C11H13N3O2.C7H3F5O/c1-16-11-9(3-4-10(8-15)13-11)7-14-6-2-5-12-14;1-13-7-5(11)3(9)2(8)4(10)6(7)12/h2-6,8,10,13H,7H2,1H3;1H3. The highest BCUT2D eigenvalue weighted by molar-refractivity contribution is 5.62. The van der Waals surface area contributed by atoms with E-state index in [0.29, 0.717) is 12.4 Å². The van der Waals surface area contributed by atoms with Crippen LogP contribution in [0.5, 0.6) is 5.75 Å². The van der Waals surface area contributed by atoms with E-state index in [1.54, 1.807) is 24.1 Å². The molecular formula is C18H16F5N3O3. The molecule has 0 radical (unpaired) electrons. The average Bonchev–Trinajstić information content (AvgIpc) is 3.25. The Labute approximate surface area is 162 Å². The highest BCUT2D eigenvalue weighted by Gasteiger charge is 2.26. The van der Waals surface area contributed by atoms with Gasteiger partial charge in [0.2, 0.25) is 29.1 Å². The molecule has 156 valence electrons. The van der Waals surface area contributed by atoms with E-state index in [-0.39, 0.29) is 6.04 Å². The minimum absolute atomic E-state index is 0.309. The third-order valence-electron chi connectivity index (χ3n) is 3.71. The Morgan fingerprint density at radius 1 is 1.07 bits per heavy atom. The monoisotopic (exact) mass is 417 g/mol. The van der Waals surface area contributed by atoms with Gasteiger partial charge in [0.25, 0.3) is 0 Å². The van der Waals surface area contributed by atoms with Crippen LogP contribution in [-0.2, 0) is 16.1 Å². The molecule has 11 heteroatoms. The molecule has 0 fully saturated rings. The Kier molecular flexibility index (Phi) is 7.34. The van der Waals surface area contributed by atoms with E-state index >= 15 is 0 Å². The van der Waals surface area contributed by atoms with Crippen LogP contribution in [-0.4, -0.2) is 36.3 Å². The first-order chi connectivity index (χ1) is 13.8. The lowest BCUT2D eigenvalue weighted by Crippen LogP contribution is -2.32. The molecule has 0 spiro atoms. The van der Waals surface area contributed by atoms with E-state index in [4.69, 9.17) is 4.74 Å². The van der Waals surface area contributed by atoms with Gasteiger partial charge in [-0.2, -0.15) is 13.9 Å². The van der Waals surface area contributed by atoms with Crippen molar-refractivity contribution < 1.29 is 36.2 Å². The third-order valence-corrected chi connectivity index (χ3v) is 3.71. The summed E-state index contributed by atoms with van der Waals surface area (Å²) in [7, 11) is 2.38. The molecule has 0 saturated carbocycles. The van der Waals surface area contributed by atoms with Crippen molar-refractivity contribution in [3.05, 3.63) is 71.2 Å². The second-order valence-corrected chi connectivity index (χ2v) is 5.53. The first-order valence-electron chi connectivity index (χ1n) is 8.04. The number of ether oxygens (including phenoxy) is 2. The number of aldehydes is 1. The van der Waals surface area contributed by atoms with Gasteiger partial charge in [-0.15, -0.1) is 0 Å². The molecule has 3 rings (SSSR count). The molecule has 29 heavy (non-hydrogen) atoms. The predicted octanol–water partition coefficient (Wildman–Crippen LogP) is 2.86. The molecule has 0 amide bonds. The summed E-state index contributed by atoms with van der Waals surface area (Å²) in [6, 6.07) is 1.55. The number of halogens is 5. The van der Waals surface area contributed by atoms with Crippen LogP contribution >= 0.6 is 0 Å². The molecule has 0 aliphatic carbocycles. The minimum atomic E-state index is -2.20. The molecule has 0 bridgehead atoms. The van der Waals surface area contributed by atoms with Crippen molar-refractivity contribution in [2.75, 3.05) is 14.2 Å². The lowest BCUT2D eigenvalue weighted by molar-refractivity contribution is -0.108. The Morgan fingerprint density at radius 2 is 1.69 bits per heavy atom. The molecule has 1 aromatic carbocycles. The number of carbonyl (C=O) groups is 1. The summed E-state index contributed by atoms with van der Waals surface area (Å²) in [5.41, 5.74) is 0.962. The molecular weight excluding hydrogens is 401 g/mol. The van der Waals surface area contributed by atoms with Crippen LogP contribution < -0.4 is 10.1 Å². The van der Waals surface area contributed by atoms with Gasteiger partial charge in [-0.1, -0.05) is 12.2 Å². The molecule has 1 N–H and O–H groups in total. The fourth-order valence-corrected chi connectivity index (χ4v) is 2.31. The number of nitrogens with one attached hydrogen (secondary N) is 1. The van der Waals surface area contributed by atoms with Gasteiger partial charge in [-0.25, -0.2) is 13.2 Å². The van der Waals surface area contributed by atoms with E-state index in [1.807, 2.05) is 18.3 Å². The second-order valence-electron chi connectivity index (χ2n) is 5.53. The molecule has 0 saturated heterocycles. The first kappa shape index (κ1) is 21.9. The smallest absolute Gasteiger partial charge is 0.206 e. The summed E-state index contributed by atoms with van der Waals surface area (Å²) in [6.07, 6.45) is 8.12. The van der Waals surface area contributed by atoms with Gasteiger partial charge in [0, 0.05) is 18.0 Å². The van der Waals surface area contributed by atoms with Crippen LogP contribution in [0.15, 0.2) is 42.1 Å². The summed E-state index contributed by atoms with van der Waals surface area (Å²) in [4.78, 5) is 10.6. The maximum Gasteiger partial charge on any atom is 0.206 e. The normalized spacial score (nSPS) is 15.3. The van der Waals surface area contributed by atoms with Crippen LogP contribution in [0, 0.1) is 29.1 Å². The molecule has 1 atom stereocenters. The van der Waals surface area contributed by atoms with Gasteiger partial charge in [0.1, 0.15) is 12.3 Å². The van der Waals surface area contributed by atoms with Gasteiger partial charge >= 0.3 is 0 Å². The van der Waals surface area contributed by atoms with Crippen LogP contribution in [0.1, 0.15) is 0 Å². The minimum Gasteiger partial charge on any atom is -0.491 e. The number of hydrogen-bond acceptors (Lipinski definition) is 5. The zero-order valence-electron chi connectivity index (χ0n) is 15.3. The largest absolute Gasteiger partial charge is 0.491 e. The van der Waals surface area contributed by atoms with E-state index in [0.717, 1.165) is 19.0 Å². The number of carbonyl (C=O) groups excluding carboxylic acids is 1. The molecule has 1 unspecified atom stereocenters. The Hall–Kier alpha value is -3.37. The highest BCUT2D eigenvalue weighted by atomic mass is 19.2. The van der Waals surface area contributed by atoms with Gasteiger partial charge < -0.3 is 19.6 Å². The number of dihydropyridines is 1. The molecule has 2 heterocycles. The number of hydrogen-bond donors (Lipinski definition) is 1. The Balaban J connectivity index is 0.000000212. The van der Waals surface area contributed by atoms with E-state index in [9.17, 15) is 26.7 Å². The zero-order chi connectivity index (χ0) is 21.6. The molecule has 1 aliphatic rings. The maximum atomic E-state index is 12.6. The van der Waals surface area contributed by atoms with E-state index < -0.39 is 34.8 Å². The Bertz CT molecular complexity index is 900. The fourth-order valence-electron chi connectivity index (χ4n) is 2.31. The molecule has 1 aliphatic heterocycles. The van der Waals surface area contributed by atoms with Crippen LogP contribution in [0.4, 0.5) is 22.0 Å². The van der Waals surface area contributed by atoms with Crippen LogP contribution in [0.3, 0.4) is 0 Å². The number of allylic oxidation sites excluding steroid dienone is 2. The van der Waals surface area contributed by atoms with Crippen LogP contribution in [0.2, 0.25) is 0 Å². The lowest BCUT2D eigenvalue weighted by atomic mass is 10.1. The topological polar surface area (TPSA) is 65.4 Å². The van der Waals surface area contributed by atoms with Crippen molar-refractivity contribution >= 4 is 6.29 Å².